The monoisotopic (exact) mass is 262 g/mol. The molecule has 1 fully saturated rings. The van der Waals surface area contributed by atoms with E-state index in [0.29, 0.717) is 11.6 Å². The molecule has 0 radical (unpaired) electrons. The van der Waals surface area contributed by atoms with E-state index in [1.807, 2.05) is 12.1 Å². The van der Waals surface area contributed by atoms with Crippen molar-refractivity contribution in [2.24, 2.45) is 0 Å². The van der Waals surface area contributed by atoms with Gasteiger partial charge in [-0.1, -0.05) is 12.1 Å². The summed E-state index contributed by atoms with van der Waals surface area (Å²) in [7, 11) is 4.32. The SMILES string of the molecule is CN1CCC(N(C)Cc2ccc(C(=O)O)cc2)CC1. The number of carbonyl (C=O) groups is 1. The number of hydrogen-bond acceptors (Lipinski definition) is 3. The normalized spacial score (nSPS) is 17.8. The first-order valence-corrected chi connectivity index (χ1v) is 6.77. The van der Waals surface area contributed by atoms with Gasteiger partial charge in [0.15, 0.2) is 0 Å². The van der Waals surface area contributed by atoms with E-state index in [-0.39, 0.29) is 0 Å². The third-order valence-electron chi connectivity index (χ3n) is 3.94. The molecule has 0 aromatic heterocycles. The zero-order valence-corrected chi connectivity index (χ0v) is 11.7. The fourth-order valence-corrected chi connectivity index (χ4v) is 2.61. The van der Waals surface area contributed by atoms with E-state index in [0.717, 1.165) is 19.6 Å². The Morgan fingerprint density at radius 2 is 1.89 bits per heavy atom. The van der Waals surface area contributed by atoms with Gasteiger partial charge in [-0.2, -0.15) is 0 Å². The van der Waals surface area contributed by atoms with Gasteiger partial charge in [0.25, 0.3) is 0 Å². The summed E-state index contributed by atoms with van der Waals surface area (Å²) < 4.78 is 0. The highest BCUT2D eigenvalue weighted by Gasteiger charge is 2.20. The van der Waals surface area contributed by atoms with Gasteiger partial charge in [0.2, 0.25) is 0 Å². The van der Waals surface area contributed by atoms with Crippen molar-refractivity contribution in [2.45, 2.75) is 25.4 Å². The Bertz CT molecular complexity index is 422. The predicted octanol–water partition coefficient (Wildman–Crippen LogP) is 1.91. The molecule has 1 aromatic rings. The Morgan fingerprint density at radius 3 is 2.42 bits per heavy atom. The van der Waals surface area contributed by atoms with Gasteiger partial charge < -0.3 is 10.0 Å². The number of nitrogens with zero attached hydrogens (tertiary/aromatic N) is 2. The molecule has 1 aliphatic heterocycles. The van der Waals surface area contributed by atoms with Crippen molar-refractivity contribution in [3.8, 4) is 0 Å². The van der Waals surface area contributed by atoms with Crippen LogP contribution in [-0.4, -0.2) is 54.1 Å². The second-order valence-electron chi connectivity index (χ2n) is 5.45. The van der Waals surface area contributed by atoms with Gasteiger partial charge in [0.1, 0.15) is 0 Å². The molecule has 2 rings (SSSR count). The average molecular weight is 262 g/mol. The summed E-state index contributed by atoms with van der Waals surface area (Å²) in [5.41, 5.74) is 1.53. The van der Waals surface area contributed by atoms with Crippen molar-refractivity contribution in [1.82, 2.24) is 9.80 Å². The van der Waals surface area contributed by atoms with Crippen LogP contribution in [-0.2, 0) is 6.54 Å². The lowest BCUT2D eigenvalue weighted by Gasteiger charge is -2.35. The zero-order valence-electron chi connectivity index (χ0n) is 11.7. The molecule has 1 N–H and O–H groups in total. The van der Waals surface area contributed by atoms with Crippen molar-refractivity contribution >= 4 is 5.97 Å². The molecule has 4 nitrogen and oxygen atoms in total. The first-order chi connectivity index (χ1) is 9.06. The van der Waals surface area contributed by atoms with Crippen LogP contribution < -0.4 is 0 Å². The van der Waals surface area contributed by atoms with Gasteiger partial charge in [0, 0.05) is 12.6 Å². The van der Waals surface area contributed by atoms with Gasteiger partial charge in [-0.25, -0.2) is 4.79 Å². The Balaban J connectivity index is 1.91. The highest BCUT2D eigenvalue weighted by atomic mass is 16.4. The molecule has 0 atom stereocenters. The zero-order chi connectivity index (χ0) is 13.8. The molecule has 4 heteroatoms. The smallest absolute Gasteiger partial charge is 0.335 e. The molecule has 0 bridgehead atoms. The minimum Gasteiger partial charge on any atom is -0.478 e. The minimum absolute atomic E-state index is 0.352. The van der Waals surface area contributed by atoms with Crippen LogP contribution in [0.1, 0.15) is 28.8 Å². The number of carboxylic acids is 1. The van der Waals surface area contributed by atoms with Crippen molar-refractivity contribution in [3.63, 3.8) is 0 Å². The summed E-state index contributed by atoms with van der Waals surface area (Å²) in [5, 5.41) is 8.87. The fourth-order valence-electron chi connectivity index (χ4n) is 2.61. The molecule has 0 unspecified atom stereocenters. The maximum Gasteiger partial charge on any atom is 0.335 e. The molecule has 1 heterocycles. The van der Waals surface area contributed by atoms with Crippen LogP contribution in [0.5, 0.6) is 0 Å². The van der Waals surface area contributed by atoms with E-state index in [2.05, 4.69) is 23.9 Å². The van der Waals surface area contributed by atoms with Gasteiger partial charge in [-0.05, 0) is 57.7 Å². The Morgan fingerprint density at radius 1 is 1.32 bits per heavy atom. The molecule has 104 valence electrons. The third-order valence-corrected chi connectivity index (χ3v) is 3.94. The van der Waals surface area contributed by atoms with E-state index in [1.165, 1.54) is 18.4 Å². The summed E-state index contributed by atoms with van der Waals surface area (Å²) in [5.74, 6) is -0.866. The lowest BCUT2D eigenvalue weighted by Crippen LogP contribution is -2.41. The van der Waals surface area contributed by atoms with Gasteiger partial charge in [-0.3, -0.25) is 4.90 Å². The van der Waals surface area contributed by atoms with Crippen molar-refractivity contribution in [3.05, 3.63) is 35.4 Å². The molecular formula is C15H22N2O2. The van der Waals surface area contributed by atoms with Crippen LogP contribution in [0.2, 0.25) is 0 Å². The standard InChI is InChI=1S/C15H22N2O2/c1-16-9-7-14(8-10-16)17(2)11-12-3-5-13(6-4-12)15(18)19/h3-6,14H,7-11H2,1-2H3,(H,18,19). The largest absolute Gasteiger partial charge is 0.478 e. The Hall–Kier alpha value is -1.39. The Labute approximate surface area is 114 Å². The molecule has 1 aliphatic rings. The topological polar surface area (TPSA) is 43.8 Å². The summed E-state index contributed by atoms with van der Waals surface area (Å²) >= 11 is 0. The summed E-state index contributed by atoms with van der Waals surface area (Å²) in [6.45, 7) is 3.20. The first kappa shape index (κ1) is 14.0. The third kappa shape index (κ3) is 3.78. The number of likely N-dealkylation sites (tertiary alicyclic amines) is 1. The highest BCUT2D eigenvalue weighted by molar-refractivity contribution is 5.87. The summed E-state index contributed by atoms with van der Waals surface area (Å²) in [4.78, 5) is 15.5. The van der Waals surface area contributed by atoms with Gasteiger partial charge in [-0.15, -0.1) is 0 Å². The van der Waals surface area contributed by atoms with Crippen LogP contribution in [0.25, 0.3) is 0 Å². The number of carboxylic acid groups (broad SMARTS) is 1. The van der Waals surface area contributed by atoms with E-state index in [9.17, 15) is 4.79 Å². The maximum absolute atomic E-state index is 10.8. The number of benzene rings is 1. The van der Waals surface area contributed by atoms with E-state index < -0.39 is 5.97 Å². The average Bonchev–Trinajstić information content (AvgIpc) is 2.40. The second-order valence-corrected chi connectivity index (χ2v) is 5.45. The molecule has 0 aliphatic carbocycles. The van der Waals surface area contributed by atoms with Crippen LogP contribution in [0.15, 0.2) is 24.3 Å². The molecular weight excluding hydrogens is 240 g/mol. The van der Waals surface area contributed by atoms with Crippen LogP contribution in [0, 0.1) is 0 Å². The predicted molar refractivity (Wildman–Crippen MR) is 75.4 cm³/mol. The van der Waals surface area contributed by atoms with E-state index in [1.54, 1.807) is 12.1 Å². The number of hydrogen-bond donors (Lipinski definition) is 1. The number of piperidine rings is 1. The van der Waals surface area contributed by atoms with Crippen LogP contribution in [0.3, 0.4) is 0 Å². The van der Waals surface area contributed by atoms with Gasteiger partial charge in [0.05, 0.1) is 5.56 Å². The van der Waals surface area contributed by atoms with Crippen LogP contribution in [0.4, 0.5) is 0 Å². The minimum atomic E-state index is -0.866. The molecule has 1 aromatic carbocycles. The van der Waals surface area contributed by atoms with Crippen molar-refractivity contribution < 1.29 is 9.90 Å². The van der Waals surface area contributed by atoms with E-state index in [4.69, 9.17) is 5.11 Å². The molecule has 0 spiro atoms. The lowest BCUT2D eigenvalue weighted by atomic mass is 10.0. The molecule has 0 amide bonds. The van der Waals surface area contributed by atoms with E-state index >= 15 is 0 Å². The number of rotatable bonds is 4. The fraction of sp³-hybridized carbons (Fsp3) is 0.533. The molecule has 19 heavy (non-hydrogen) atoms. The quantitative estimate of drug-likeness (QED) is 0.900. The molecule has 0 saturated carbocycles. The molecule has 1 saturated heterocycles. The Kier molecular flexibility index (Phi) is 4.56. The van der Waals surface area contributed by atoms with Crippen molar-refractivity contribution in [1.29, 1.82) is 0 Å². The van der Waals surface area contributed by atoms with Gasteiger partial charge >= 0.3 is 5.97 Å². The second kappa shape index (κ2) is 6.17. The summed E-state index contributed by atoms with van der Waals surface area (Å²) in [6, 6.07) is 7.82. The maximum atomic E-state index is 10.8. The first-order valence-electron chi connectivity index (χ1n) is 6.77. The van der Waals surface area contributed by atoms with Crippen LogP contribution >= 0.6 is 0 Å². The summed E-state index contributed by atoms with van der Waals surface area (Å²) in [6.07, 6.45) is 2.42. The van der Waals surface area contributed by atoms with Crippen molar-refractivity contribution in [2.75, 3.05) is 27.2 Å². The lowest BCUT2D eigenvalue weighted by molar-refractivity contribution is 0.0697. The number of aromatic carboxylic acids is 1. The highest BCUT2D eigenvalue weighted by Crippen LogP contribution is 2.16.